The van der Waals surface area contributed by atoms with Crippen molar-refractivity contribution in [2.24, 2.45) is 0 Å². The van der Waals surface area contributed by atoms with Gasteiger partial charge in [-0.3, -0.25) is 9.80 Å². The second-order valence-corrected chi connectivity index (χ2v) is 12.7. The number of unbranched alkanes of at least 4 members (excludes halogenated alkanes) is 18. The molecular formula is C39H62N2O4. The van der Waals surface area contributed by atoms with Crippen LogP contribution in [-0.4, -0.2) is 35.5 Å². The first kappa shape index (κ1) is 38.2. The zero-order chi connectivity index (χ0) is 32.5. The van der Waals surface area contributed by atoms with Crippen LogP contribution in [0.25, 0.3) is 0 Å². The van der Waals surface area contributed by atoms with Gasteiger partial charge in [-0.25, -0.2) is 9.59 Å². The van der Waals surface area contributed by atoms with E-state index in [0.717, 1.165) is 49.7 Å². The molecule has 252 valence electrons. The first-order valence-corrected chi connectivity index (χ1v) is 18.2. The van der Waals surface area contributed by atoms with E-state index >= 15 is 0 Å². The Bertz CT molecular complexity index is 989. The van der Waals surface area contributed by atoms with Crippen molar-refractivity contribution >= 4 is 23.6 Å². The first-order chi connectivity index (χ1) is 22.0. The van der Waals surface area contributed by atoms with Crippen molar-refractivity contribution in [3.63, 3.8) is 0 Å². The van der Waals surface area contributed by atoms with Gasteiger partial charge in [0.05, 0.1) is 11.4 Å². The molecule has 0 aliphatic rings. The van der Waals surface area contributed by atoms with Crippen LogP contribution in [0.15, 0.2) is 48.5 Å². The van der Waals surface area contributed by atoms with Gasteiger partial charge in [-0.1, -0.05) is 166 Å². The molecule has 2 aromatic carbocycles. The van der Waals surface area contributed by atoms with Crippen molar-refractivity contribution in [3.8, 4) is 0 Å². The third kappa shape index (κ3) is 15.7. The molecule has 2 aromatic rings. The minimum atomic E-state index is -0.945. The molecule has 6 nitrogen and oxygen atoms in total. The van der Waals surface area contributed by atoms with E-state index < -0.39 is 12.2 Å². The summed E-state index contributed by atoms with van der Waals surface area (Å²) in [6.45, 7) is 5.41. The van der Waals surface area contributed by atoms with Gasteiger partial charge in [0.25, 0.3) is 0 Å². The Morgan fingerprint density at radius 3 is 1.07 bits per heavy atom. The normalized spacial score (nSPS) is 11.1. The van der Waals surface area contributed by atoms with E-state index in [1.807, 2.05) is 48.5 Å². The van der Waals surface area contributed by atoms with Crippen molar-refractivity contribution in [2.75, 3.05) is 22.9 Å². The largest absolute Gasteiger partial charge is 0.465 e. The Morgan fingerprint density at radius 1 is 0.467 bits per heavy atom. The van der Waals surface area contributed by atoms with E-state index in [2.05, 4.69) is 13.8 Å². The van der Waals surface area contributed by atoms with Gasteiger partial charge < -0.3 is 10.2 Å². The standard InChI is InChI=1S/C39H62N2O4/c1-3-5-7-9-11-13-15-17-19-25-31-40(38(42)43)36-29-23-21-27-34(36)33-35-28-22-24-30-37(35)41(39(44)45)32-26-20-18-16-14-12-10-8-6-4-2/h21-24,27-30H,3-20,25-26,31-33H2,1-2H3,(H,42,43)(H,44,45). The number of carboxylic acid groups (broad SMARTS) is 2. The van der Waals surface area contributed by atoms with Gasteiger partial charge in [-0.2, -0.15) is 0 Å². The lowest BCUT2D eigenvalue weighted by Crippen LogP contribution is -2.32. The zero-order valence-electron chi connectivity index (χ0n) is 28.5. The number of amides is 2. The average Bonchev–Trinajstić information content (AvgIpc) is 3.03. The van der Waals surface area contributed by atoms with Crippen molar-refractivity contribution in [3.05, 3.63) is 59.7 Å². The Morgan fingerprint density at radius 2 is 0.756 bits per heavy atom. The van der Waals surface area contributed by atoms with Gasteiger partial charge in [0.15, 0.2) is 0 Å². The number of hydrogen-bond acceptors (Lipinski definition) is 2. The number of nitrogens with zero attached hydrogens (tertiary/aromatic N) is 2. The lowest BCUT2D eigenvalue weighted by atomic mass is 10.00. The molecule has 2 amide bonds. The molecule has 0 saturated carbocycles. The van der Waals surface area contributed by atoms with Crippen LogP contribution in [0.4, 0.5) is 21.0 Å². The van der Waals surface area contributed by atoms with Crippen molar-refractivity contribution < 1.29 is 19.8 Å². The second-order valence-electron chi connectivity index (χ2n) is 12.7. The van der Waals surface area contributed by atoms with Crippen molar-refractivity contribution in [1.29, 1.82) is 0 Å². The third-order valence-corrected chi connectivity index (χ3v) is 8.88. The minimum absolute atomic E-state index is 0.463. The molecule has 0 aromatic heterocycles. The first-order valence-electron chi connectivity index (χ1n) is 18.2. The highest BCUT2D eigenvalue weighted by molar-refractivity contribution is 5.88. The van der Waals surface area contributed by atoms with Crippen LogP contribution in [0.5, 0.6) is 0 Å². The zero-order valence-corrected chi connectivity index (χ0v) is 28.5. The van der Waals surface area contributed by atoms with E-state index in [0.29, 0.717) is 30.9 Å². The molecule has 0 heterocycles. The fraction of sp³-hybridized carbons (Fsp3) is 0.641. The van der Waals surface area contributed by atoms with E-state index in [1.165, 1.54) is 99.7 Å². The highest BCUT2D eigenvalue weighted by Crippen LogP contribution is 2.29. The molecule has 2 N–H and O–H groups in total. The SMILES string of the molecule is CCCCCCCCCCCCN(C(=O)O)c1ccccc1Cc1ccccc1N(CCCCCCCCCCCC)C(=O)O. The van der Waals surface area contributed by atoms with Gasteiger partial charge in [0.1, 0.15) is 0 Å². The summed E-state index contributed by atoms with van der Waals surface area (Å²) >= 11 is 0. The molecule has 0 fully saturated rings. The molecule has 0 aliphatic carbocycles. The summed E-state index contributed by atoms with van der Waals surface area (Å²) in [4.78, 5) is 27.7. The highest BCUT2D eigenvalue weighted by atomic mass is 16.4. The van der Waals surface area contributed by atoms with Gasteiger partial charge in [-0.15, -0.1) is 0 Å². The summed E-state index contributed by atoms with van der Waals surface area (Å²) in [5.74, 6) is 0. The van der Waals surface area contributed by atoms with Crippen LogP contribution >= 0.6 is 0 Å². The second kappa shape index (κ2) is 24.2. The van der Waals surface area contributed by atoms with Crippen LogP contribution in [-0.2, 0) is 6.42 Å². The average molecular weight is 623 g/mol. The number of benzene rings is 2. The summed E-state index contributed by atoms with van der Waals surface area (Å²) in [6, 6.07) is 15.3. The lowest BCUT2D eigenvalue weighted by molar-refractivity contribution is 0.200. The lowest BCUT2D eigenvalue weighted by Gasteiger charge is -2.25. The maximum Gasteiger partial charge on any atom is 0.411 e. The molecule has 2 rings (SSSR count). The molecule has 0 saturated heterocycles. The van der Waals surface area contributed by atoms with Gasteiger partial charge in [-0.05, 0) is 36.1 Å². The number of rotatable bonds is 26. The van der Waals surface area contributed by atoms with Crippen LogP contribution in [0.1, 0.15) is 153 Å². The van der Waals surface area contributed by atoms with E-state index in [1.54, 1.807) is 0 Å². The fourth-order valence-corrected chi connectivity index (χ4v) is 6.21. The highest BCUT2D eigenvalue weighted by Gasteiger charge is 2.21. The number of anilines is 2. The van der Waals surface area contributed by atoms with Crippen LogP contribution in [0.2, 0.25) is 0 Å². The van der Waals surface area contributed by atoms with Gasteiger partial charge in [0.2, 0.25) is 0 Å². The number of hydrogen-bond donors (Lipinski definition) is 2. The molecule has 0 bridgehead atoms. The molecule has 0 aliphatic heterocycles. The molecule has 0 radical (unpaired) electrons. The molecule has 0 spiro atoms. The third-order valence-electron chi connectivity index (χ3n) is 8.88. The Balaban J connectivity index is 1.95. The van der Waals surface area contributed by atoms with E-state index in [-0.39, 0.29) is 0 Å². The predicted molar refractivity (Wildman–Crippen MR) is 190 cm³/mol. The van der Waals surface area contributed by atoms with Crippen molar-refractivity contribution in [1.82, 2.24) is 0 Å². The van der Waals surface area contributed by atoms with Gasteiger partial charge >= 0.3 is 12.2 Å². The summed E-state index contributed by atoms with van der Waals surface area (Å²) in [5.41, 5.74) is 3.16. The molecular weight excluding hydrogens is 560 g/mol. The summed E-state index contributed by atoms with van der Waals surface area (Å²) in [6.07, 6.45) is 22.7. The smallest absolute Gasteiger partial charge is 0.411 e. The van der Waals surface area contributed by atoms with Crippen LogP contribution < -0.4 is 9.80 Å². The van der Waals surface area contributed by atoms with Crippen molar-refractivity contribution in [2.45, 2.75) is 149 Å². The van der Waals surface area contributed by atoms with Crippen LogP contribution in [0.3, 0.4) is 0 Å². The monoisotopic (exact) mass is 622 g/mol. The summed E-state index contributed by atoms with van der Waals surface area (Å²) in [5, 5.41) is 20.3. The van der Waals surface area contributed by atoms with E-state index in [9.17, 15) is 19.8 Å². The molecule has 45 heavy (non-hydrogen) atoms. The van der Waals surface area contributed by atoms with Crippen LogP contribution in [0, 0.1) is 0 Å². The predicted octanol–water partition coefficient (Wildman–Crippen LogP) is 12.1. The molecule has 0 atom stereocenters. The molecule has 0 unspecified atom stereocenters. The maximum absolute atomic E-state index is 12.4. The molecule has 6 heteroatoms. The summed E-state index contributed by atoms with van der Waals surface area (Å²) in [7, 11) is 0. The Kier molecular flexibility index (Phi) is 20.6. The number of para-hydroxylation sites is 2. The Labute approximate surface area is 274 Å². The topological polar surface area (TPSA) is 81.1 Å². The fourth-order valence-electron chi connectivity index (χ4n) is 6.21. The number of carbonyl (C=O) groups is 2. The van der Waals surface area contributed by atoms with Gasteiger partial charge in [0, 0.05) is 19.5 Å². The maximum atomic E-state index is 12.4. The summed E-state index contributed by atoms with van der Waals surface area (Å²) < 4.78 is 0. The minimum Gasteiger partial charge on any atom is -0.465 e. The van der Waals surface area contributed by atoms with E-state index in [4.69, 9.17) is 0 Å². The quantitative estimate of drug-likeness (QED) is 0.102. The Hall–Kier alpha value is -3.02.